The predicted octanol–water partition coefficient (Wildman–Crippen LogP) is 2.03. The molecule has 3 N–H and O–H groups in total. The van der Waals surface area contributed by atoms with Crippen LogP contribution in [-0.4, -0.2) is 43.1 Å². The third-order valence-corrected chi connectivity index (χ3v) is 4.32. The molecule has 2 amide bonds. The maximum absolute atomic E-state index is 12.4. The predicted molar refractivity (Wildman–Crippen MR) is 96.4 cm³/mol. The molecule has 7 nitrogen and oxygen atoms in total. The molecular weight excluding hydrogens is 334 g/mol. The smallest absolute Gasteiger partial charge is 0.271 e. The molecular formula is C19H23N3O4. The minimum absolute atomic E-state index is 0.0122. The molecule has 26 heavy (non-hydrogen) atoms. The highest BCUT2D eigenvalue weighted by atomic mass is 16.5. The summed E-state index contributed by atoms with van der Waals surface area (Å²) in [6.45, 7) is 3.04. The third kappa shape index (κ3) is 4.05. The van der Waals surface area contributed by atoms with Gasteiger partial charge in [0.25, 0.3) is 11.8 Å². The number of hydrogen-bond donors (Lipinski definition) is 3. The average Bonchev–Trinajstić information content (AvgIpc) is 3.31. The van der Waals surface area contributed by atoms with Crippen molar-refractivity contribution in [1.82, 2.24) is 15.6 Å². The van der Waals surface area contributed by atoms with Crippen LogP contribution in [-0.2, 0) is 4.74 Å². The summed E-state index contributed by atoms with van der Waals surface area (Å²) in [7, 11) is 1.53. The number of aromatic amines is 1. The van der Waals surface area contributed by atoms with E-state index in [-0.39, 0.29) is 35.3 Å². The van der Waals surface area contributed by atoms with Crippen molar-refractivity contribution in [3.05, 3.63) is 53.3 Å². The molecule has 0 spiro atoms. The minimum atomic E-state index is -0.344. The van der Waals surface area contributed by atoms with Gasteiger partial charge in [0.2, 0.25) is 0 Å². The molecule has 0 aliphatic carbocycles. The molecule has 0 unspecified atom stereocenters. The molecule has 1 aliphatic rings. The molecule has 1 aromatic carbocycles. The van der Waals surface area contributed by atoms with Gasteiger partial charge in [0.15, 0.2) is 5.75 Å². The van der Waals surface area contributed by atoms with Crippen LogP contribution in [0, 0.1) is 0 Å². The lowest BCUT2D eigenvalue weighted by Gasteiger charge is -2.14. The molecule has 1 aromatic heterocycles. The van der Waals surface area contributed by atoms with Crippen LogP contribution in [0.15, 0.2) is 36.4 Å². The number of ether oxygens (including phenoxy) is 2. The van der Waals surface area contributed by atoms with Crippen LogP contribution >= 0.6 is 0 Å². The number of H-pyrrole nitrogens is 1. The Bertz CT molecular complexity index is 766. The molecule has 2 atom stereocenters. The second kappa shape index (κ2) is 8.05. The van der Waals surface area contributed by atoms with Gasteiger partial charge in [0.05, 0.1) is 12.6 Å². The summed E-state index contributed by atoms with van der Waals surface area (Å²) in [4.78, 5) is 27.5. The van der Waals surface area contributed by atoms with Crippen LogP contribution in [0.1, 0.15) is 46.0 Å². The van der Waals surface area contributed by atoms with Crippen molar-refractivity contribution in [3.8, 4) is 5.75 Å². The van der Waals surface area contributed by atoms with E-state index in [0.29, 0.717) is 19.0 Å². The Morgan fingerprint density at radius 1 is 1.27 bits per heavy atom. The Kier molecular flexibility index (Phi) is 5.58. The largest absolute Gasteiger partial charge is 0.484 e. The second-order valence-corrected chi connectivity index (χ2v) is 6.21. The summed E-state index contributed by atoms with van der Waals surface area (Å²) in [5.41, 5.74) is 1.49. The highest BCUT2D eigenvalue weighted by Crippen LogP contribution is 2.26. The fourth-order valence-electron chi connectivity index (χ4n) is 2.84. The summed E-state index contributed by atoms with van der Waals surface area (Å²) in [6, 6.07) is 11.2. The molecule has 0 radical (unpaired) electrons. The Labute approximate surface area is 152 Å². The molecule has 7 heteroatoms. The lowest BCUT2D eigenvalue weighted by Crippen LogP contribution is -2.35. The number of carbonyl (C=O) groups is 2. The molecule has 1 saturated heterocycles. The zero-order chi connectivity index (χ0) is 18.5. The monoisotopic (exact) mass is 357 g/mol. The number of benzene rings is 1. The Morgan fingerprint density at radius 2 is 2.04 bits per heavy atom. The van der Waals surface area contributed by atoms with E-state index in [2.05, 4.69) is 15.6 Å². The van der Waals surface area contributed by atoms with Crippen LogP contribution in [0.3, 0.4) is 0 Å². The van der Waals surface area contributed by atoms with E-state index in [0.717, 1.165) is 12.0 Å². The van der Waals surface area contributed by atoms with Gasteiger partial charge in [-0.05, 0) is 18.9 Å². The maximum atomic E-state index is 12.4. The topological polar surface area (TPSA) is 92.5 Å². The van der Waals surface area contributed by atoms with Gasteiger partial charge in [-0.1, -0.05) is 30.3 Å². The van der Waals surface area contributed by atoms with Crippen molar-refractivity contribution in [3.63, 3.8) is 0 Å². The lowest BCUT2D eigenvalue weighted by atomic mass is 10.1. The Hall–Kier alpha value is -2.80. The molecule has 138 valence electrons. The van der Waals surface area contributed by atoms with Gasteiger partial charge in [-0.3, -0.25) is 9.59 Å². The van der Waals surface area contributed by atoms with Crippen LogP contribution in [0.25, 0.3) is 0 Å². The summed E-state index contributed by atoms with van der Waals surface area (Å²) in [5.74, 6) is -0.287. The summed E-state index contributed by atoms with van der Waals surface area (Å²) in [6.07, 6.45) is 0.512. The maximum Gasteiger partial charge on any atom is 0.271 e. The van der Waals surface area contributed by atoms with Crippen LogP contribution in [0.5, 0.6) is 5.75 Å². The van der Waals surface area contributed by atoms with E-state index in [1.807, 2.05) is 37.3 Å². The van der Waals surface area contributed by atoms with Gasteiger partial charge in [-0.25, -0.2) is 0 Å². The summed E-state index contributed by atoms with van der Waals surface area (Å²) < 4.78 is 11.2. The van der Waals surface area contributed by atoms with Gasteiger partial charge in [-0.2, -0.15) is 0 Å². The van der Waals surface area contributed by atoms with Crippen molar-refractivity contribution >= 4 is 11.8 Å². The molecule has 2 heterocycles. The van der Waals surface area contributed by atoms with Gasteiger partial charge >= 0.3 is 0 Å². The minimum Gasteiger partial charge on any atom is -0.484 e. The van der Waals surface area contributed by atoms with E-state index >= 15 is 0 Å². The van der Waals surface area contributed by atoms with Crippen molar-refractivity contribution in [2.24, 2.45) is 0 Å². The normalized spacial score (nSPS) is 17.5. The first-order valence-electron chi connectivity index (χ1n) is 8.63. The molecule has 3 rings (SSSR count). The molecule has 1 fully saturated rings. The first-order valence-corrected chi connectivity index (χ1v) is 8.63. The summed E-state index contributed by atoms with van der Waals surface area (Å²) >= 11 is 0. The zero-order valence-electron chi connectivity index (χ0n) is 14.9. The van der Waals surface area contributed by atoms with E-state index < -0.39 is 0 Å². The first-order chi connectivity index (χ1) is 12.6. The fraction of sp³-hybridized carbons (Fsp3) is 0.368. The number of aromatic nitrogens is 1. The number of amides is 2. The van der Waals surface area contributed by atoms with Gasteiger partial charge < -0.3 is 25.1 Å². The molecule has 0 bridgehead atoms. The molecule has 1 aliphatic heterocycles. The molecule has 2 aromatic rings. The number of hydrogen-bond acceptors (Lipinski definition) is 4. The lowest BCUT2D eigenvalue weighted by molar-refractivity contribution is 0.0925. The zero-order valence-corrected chi connectivity index (χ0v) is 14.9. The van der Waals surface area contributed by atoms with E-state index in [1.165, 1.54) is 7.05 Å². The number of rotatable bonds is 6. The van der Waals surface area contributed by atoms with E-state index in [4.69, 9.17) is 9.47 Å². The van der Waals surface area contributed by atoms with Crippen LogP contribution < -0.4 is 15.4 Å². The van der Waals surface area contributed by atoms with Crippen molar-refractivity contribution < 1.29 is 19.1 Å². The third-order valence-electron chi connectivity index (χ3n) is 4.32. The highest BCUT2D eigenvalue weighted by Gasteiger charge is 2.24. The summed E-state index contributed by atoms with van der Waals surface area (Å²) in [5, 5.41) is 5.45. The van der Waals surface area contributed by atoms with Gasteiger partial charge in [0, 0.05) is 19.7 Å². The van der Waals surface area contributed by atoms with Gasteiger partial charge in [-0.15, -0.1) is 0 Å². The fourth-order valence-corrected chi connectivity index (χ4v) is 2.84. The van der Waals surface area contributed by atoms with Crippen molar-refractivity contribution in [1.29, 1.82) is 0 Å². The average molecular weight is 357 g/mol. The van der Waals surface area contributed by atoms with Crippen LogP contribution in [0.4, 0.5) is 0 Å². The Morgan fingerprint density at radius 3 is 2.69 bits per heavy atom. The number of carbonyl (C=O) groups excluding carboxylic acids is 2. The van der Waals surface area contributed by atoms with Crippen molar-refractivity contribution in [2.45, 2.75) is 25.5 Å². The first kappa shape index (κ1) is 18.0. The van der Waals surface area contributed by atoms with E-state index in [9.17, 15) is 9.59 Å². The van der Waals surface area contributed by atoms with Crippen LogP contribution in [0.2, 0.25) is 0 Å². The molecule has 0 saturated carbocycles. The Balaban J connectivity index is 1.80. The SMILES string of the molecule is CNC(=O)c1[nH]c(C(=O)N[C@H]2CCOC2)cc1O[C@@H](C)c1ccccc1. The quantitative estimate of drug-likeness (QED) is 0.738. The van der Waals surface area contributed by atoms with Crippen molar-refractivity contribution in [2.75, 3.05) is 20.3 Å². The number of nitrogens with one attached hydrogen (secondary N) is 3. The highest BCUT2D eigenvalue weighted by molar-refractivity contribution is 5.99. The standard InChI is InChI=1S/C19H23N3O4/c1-12(13-6-4-3-5-7-13)26-16-10-15(22-17(16)19(24)20-2)18(23)21-14-8-9-25-11-14/h3-7,10,12,14,22H,8-9,11H2,1-2H3,(H,20,24)(H,21,23)/t12-,14-/m0/s1. The van der Waals surface area contributed by atoms with E-state index in [1.54, 1.807) is 6.07 Å². The second-order valence-electron chi connectivity index (χ2n) is 6.21. The van der Waals surface area contributed by atoms with Gasteiger partial charge in [0.1, 0.15) is 17.5 Å².